The fraction of sp³-hybridized carbons (Fsp3) is 0.444. The molecule has 1 fully saturated rings. The molecule has 14 heteroatoms. The highest BCUT2D eigenvalue weighted by Crippen LogP contribution is 2.36. The van der Waals surface area contributed by atoms with Crippen molar-refractivity contribution in [3.63, 3.8) is 0 Å². The van der Waals surface area contributed by atoms with Crippen LogP contribution in [0.1, 0.15) is 56.2 Å². The first kappa shape index (κ1) is 29.7. The molecule has 0 spiro atoms. The molecule has 0 radical (unpaired) electrons. The van der Waals surface area contributed by atoms with Crippen molar-refractivity contribution in [3.05, 3.63) is 61.6 Å². The Hall–Kier alpha value is -4.29. The first-order valence-corrected chi connectivity index (χ1v) is 13.0. The number of H-pyrrole nitrogens is 1. The quantitative estimate of drug-likeness (QED) is 0.142. The number of aliphatic hydroxyl groups is 2. The number of hydrogen-bond donors (Lipinski definition) is 5. The molecule has 41 heavy (non-hydrogen) atoms. The molecule has 1 amide bonds. The summed E-state index contributed by atoms with van der Waals surface area (Å²) in [5.41, 5.74) is 6.52. The molecule has 1 aliphatic rings. The Morgan fingerprint density at radius 1 is 1.44 bits per heavy atom. The van der Waals surface area contributed by atoms with Crippen LogP contribution in [0.25, 0.3) is 11.0 Å². The Balaban J connectivity index is 1.66. The number of nitro groups is 1. The van der Waals surface area contributed by atoms with Gasteiger partial charge < -0.3 is 35.3 Å². The minimum Gasteiger partial charge on any atom is -0.394 e. The van der Waals surface area contributed by atoms with E-state index in [2.05, 4.69) is 27.1 Å². The summed E-state index contributed by atoms with van der Waals surface area (Å²) >= 11 is 0. The zero-order valence-electron chi connectivity index (χ0n) is 22.8. The van der Waals surface area contributed by atoms with Crippen molar-refractivity contribution in [2.75, 3.05) is 18.9 Å². The van der Waals surface area contributed by atoms with E-state index < -0.39 is 35.0 Å². The van der Waals surface area contributed by atoms with Crippen LogP contribution >= 0.6 is 0 Å². The molecular formula is C27H32N6O8. The molecule has 1 aliphatic heterocycles. The van der Waals surface area contributed by atoms with Crippen molar-refractivity contribution in [3.8, 4) is 11.8 Å². The summed E-state index contributed by atoms with van der Waals surface area (Å²) in [5, 5.41) is 34.5. The number of aromatic amines is 1. The van der Waals surface area contributed by atoms with Gasteiger partial charge in [0.1, 0.15) is 12.3 Å². The largest absolute Gasteiger partial charge is 0.394 e. The number of carbonyl (C=O) groups is 1. The number of carbonyl (C=O) groups excluding carboxylic acids is 1. The number of amides is 1. The molecule has 1 saturated heterocycles. The second-order valence-electron chi connectivity index (χ2n) is 10.0. The molecule has 0 saturated carbocycles. The van der Waals surface area contributed by atoms with Gasteiger partial charge in [-0.1, -0.05) is 25.7 Å². The van der Waals surface area contributed by atoms with Gasteiger partial charge in [-0.25, -0.2) is 0 Å². The van der Waals surface area contributed by atoms with E-state index in [1.54, 1.807) is 22.9 Å². The number of nitrogens with one attached hydrogen (secondary N) is 2. The third-order valence-corrected chi connectivity index (χ3v) is 6.69. The monoisotopic (exact) mass is 568 g/mol. The normalized spacial score (nSPS) is 19.2. The Kier molecular flexibility index (Phi) is 9.04. The van der Waals surface area contributed by atoms with Crippen molar-refractivity contribution in [1.82, 2.24) is 19.9 Å². The van der Waals surface area contributed by atoms with Gasteiger partial charge in [0.25, 0.3) is 11.2 Å². The summed E-state index contributed by atoms with van der Waals surface area (Å²) in [6, 6.07) is 4.59. The SMILES string of the molecule is CC(=O)NCC#Cc1ccc([C@H](OCc2cn([C@H]3CC(O)[C@@H](CO)O3)c3nc(N)[nH]c(=O)c23)C(C)C)c([N+](=O)[O-])c1. The van der Waals surface area contributed by atoms with Crippen molar-refractivity contribution >= 4 is 28.6 Å². The number of fused-ring (bicyclic) bond motifs is 1. The summed E-state index contributed by atoms with van der Waals surface area (Å²) in [6.07, 6.45) is -1.37. The van der Waals surface area contributed by atoms with Gasteiger partial charge in [-0.2, -0.15) is 4.98 Å². The van der Waals surface area contributed by atoms with E-state index in [1.165, 1.54) is 13.0 Å². The summed E-state index contributed by atoms with van der Waals surface area (Å²) in [5.74, 6) is 5.03. The van der Waals surface area contributed by atoms with E-state index in [0.29, 0.717) is 16.7 Å². The molecule has 0 bridgehead atoms. The number of benzene rings is 1. The highest BCUT2D eigenvalue weighted by atomic mass is 16.6. The van der Waals surface area contributed by atoms with Crippen LogP contribution in [0.5, 0.6) is 0 Å². The van der Waals surface area contributed by atoms with Gasteiger partial charge in [0.15, 0.2) is 5.65 Å². The van der Waals surface area contributed by atoms with E-state index in [0.717, 1.165) is 0 Å². The van der Waals surface area contributed by atoms with Crippen LogP contribution in [0.3, 0.4) is 0 Å². The highest BCUT2D eigenvalue weighted by Gasteiger charge is 2.36. The molecule has 218 valence electrons. The topological polar surface area (TPSA) is 208 Å². The number of nitro benzene ring substituents is 1. The molecule has 1 aromatic carbocycles. The molecular weight excluding hydrogens is 536 g/mol. The highest BCUT2D eigenvalue weighted by molar-refractivity contribution is 5.80. The number of ether oxygens (including phenoxy) is 2. The van der Waals surface area contributed by atoms with Crippen molar-refractivity contribution < 1.29 is 29.4 Å². The smallest absolute Gasteiger partial charge is 0.276 e. The summed E-state index contributed by atoms with van der Waals surface area (Å²) < 4.78 is 13.6. The summed E-state index contributed by atoms with van der Waals surface area (Å²) in [7, 11) is 0. The van der Waals surface area contributed by atoms with Crippen LogP contribution in [0.15, 0.2) is 29.2 Å². The minimum absolute atomic E-state index is 0.102. The summed E-state index contributed by atoms with van der Waals surface area (Å²) in [4.78, 5) is 42.2. The lowest BCUT2D eigenvalue weighted by Gasteiger charge is -2.22. The maximum atomic E-state index is 12.9. The number of hydrogen-bond acceptors (Lipinski definition) is 10. The van der Waals surface area contributed by atoms with E-state index in [4.69, 9.17) is 15.2 Å². The first-order chi connectivity index (χ1) is 19.5. The maximum Gasteiger partial charge on any atom is 0.276 e. The van der Waals surface area contributed by atoms with Crippen LogP contribution < -0.4 is 16.6 Å². The molecule has 4 rings (SSSR count). The van der Waals surface area contributed by atoms with E-state index >= 15 is 0 Å². The second-order valence-corrected chi connectivity index (χ2v) is 10.0. The van der Waals surface area contributed by atoms with Gasteiger partial charge in [0.2, 0.25) is 11.9 Å². The number of nitrogens with zero attached hydrogens (tertiary/aromatic N) is 3. The molecule has 4 atom stereocenters. The Bertz CT molecular complexity index is 1570. The molecule has 14 nitrogen and oxygen atoms in total. The molecule has 0 aliphatic carbocycles. The van der Waals surface area contributed by atoms with Crippen LogP contribution in [0.4, 0.5) is 11.6 Å². The number of anilines is 1. The maximum absolute atomic E-state index is 12.9. The third kappa shape index (κ3) is 6.55. The third-order valence-electron chi connectivity index (χ3n) is 6.69. The average molecular weight is 569 g/mol. The van der Waals surface area contributed by atoms with E-state index in [9.17, 15) is 29.9 Å². The fourth-order valence-corrected chi connectivity index (χ4v) is 4.78. The van der Waals surface area contributed by atoms with Gasteiger partial charge in [-0.3, -0.25) is 24.7 Å². The Labute approximate surface area is 234 Å². The lowest BCUT2D eigenvalue weighted by molar-refractivity contribution is -0.386. The van der Waals surface area contributed by atoms with Crippen molar-refractivity contribution in [1.29, 1.82) is 0 Å². The number of aliphatic hydroxyl groups excluding tert-OH is 2. The Morgan fingerprint density at radius 2 is 2.20 bits per heavy atom. The number of rotatable bonds is 9. The second kappa shape index (κ2) is 12.5. The molecule has 1 unspecified atom stereocenters. The van der Waals surface area contributed by atoms with Crippen LogP contribution in [-0.2, 0) is 20.9 Å². The average Bonchev–Trinajstić information content (AvgIpc) is 3.46. The van der Waals surface area contributed by atoms with Gasteiger partial charge in [0, 0.05) is 36.7 Å². The lowest BCUT2D eigenvalue weighted by Crippen LogP contribution is -2.24. The van der Waals surface area contributed by atoms with Crippen LogP contribution in [0.2, 0.25) is 0 Å². The van der Waals surface area contributed by atoms with Gasteiger partial charge in [-0.05, 0) is 18.1 Å². The standard InChI is InChI=1S/C27H32N6O8/c1-14(2)24(18-7-6-16(9-19(18)33(38)39)5-4-8-29-15(3)35)40-13-17-11-32(22-10-20(36)21(12-34)41-22)25-23(17)26(37)31-27(28)30-25/h6-7,9,11,14,20-22,24,34,36H,8,10,12-13H2,1-3H3,(H,29,35)(H3,28,30,31,37)/t20?,21-,22-,24-/m1/s1. The van der Waals surface area contributed by atoms with Crippen LogP contribution in [0, 0.1) is 27.9 Å². The zero-order chi connectivity index (χ0) is 29.8. The number of nitrogens with two attached hydrogens (primary N) is 1. The minimum atomic E-state index is -0.912. The van der Waals surface area contributed by atoms with Gasteiger partial charge >= 0.3 is 0 Å². The fourth-order valence-electron chi connectivity index (χ4n) is 4.78. The van der Waals surface area contributed by atoms with Gasteiger partial charge in [-0.15, -0.1) is 0 Å². The lowest BCUT2D eigenvalue weighted by atomic mass is 9.96. The number of nitrogen functional groups attached to an aromatic ring is 1. The van der Waals surface area contributed by atoms with Gasteiger partial charge in [0.05, 0.1) is 47.8 Å². The zero-order valence-corrected chi connectivity index (χ0v) is 22.8. The Morgan fingerprint density at radius 3 is 2.83 bits per heavy atom. The molecule has 3 heterocycles. The van der Waals surface area contributed by atoms with Crippen LogP contribution in [-0.4, -0.2) is 60.9 Å². The molecule has 6 N–H and O–H groups in total. The first-order valence-electron chi connectivity index (χ1n) is 13.0. The van der Waals surface area contributed by atoms with Crippen molar-refractivity contribution in [2.45, 2.75) is 58.3 Å². The summed E-state index contributed by atoms with van der Waals surface area (Å²) in [6.45, 7) is 4.72. The van der Waals surface area contributed by atoms with E-state index in [1.807, 2.05) is 13.8 Å². The molecule has 3 aromatic rings. The van der Waals surface area contributed by atoms with E-state index in [-0.39, 0.29) is 60.7 Å². The predicted octanol–water partition coefficient (Wildman–Crippen LogP) is 1.26. The van der Waals surface area contributed by atoms with Crippen molar-refractivity contribution in [2.24, 2.45) is 5.92 Å². The number of aromatic nitrogens is 3. The molecule has 2 aromatic heterocycles. The predicted molar refractivity (Wildman–Crippen MR) is 147 cm³/mol.